The lowest BCUT2D eigenvalue weighted by Crippen LogP contribution is -2.25. The van der Waals surface area contributed by atoms with Crippen LogP contribution in [-0.4, -0.2) is 14.9 Å². The molecule has 0 spiro atoms. The molecule has 1 atom stereocenters. The van der Waals surface area contributed by atoms with E-state index in [0.29, 0.717) is 5.92 Å². The van der Waals surface area contributed by atoms with Crippen LogP contribution in [0.4, 0.5) is 0 Å². The average molecular weight is 380 g/mol. The first kappa shape index (κ1) is 15.6. The maximum Gasteiger partial charge on any atom is 0.214 e. The minimum absolute atomic E-state index is 0.126. The molecule has 3 rings (SSSR count). The zero-order chi connectivity index (χ0) is 15.7. The Bertz CT molecular complexity index is 692. The van der Waals surface area contributed by atoms with E-state index in [4.69, 9.17) is 5.73 Å². The number of nitrogens with zero attached hydrogens (tertiary/aromatic N) is 3. The molecular formula is C15H18BrN5S. The van der Waals surface area contributed by atoms with E-state index in [0.717, 1.165) is 33.1 Å². The van der Waals surface area contributed by atoms with Crippen LogP contribution in [0.15, 0.2) is 39.3 Å². The minimum atomic E-state index is -0.126. The molecule has 0 bridgehead atoms. The van der Waals surface area contributed by atoms with Crippen LogP contribution >= 0.6 is 27.7 Å². The quantitative estimate of drug-likeness (QED) is 0.846. The van der Waals surface area contributed by atoms with Crippen molar-refractivity contribution in [3.8, 4) is 0 Å². The summed E-state index contributed by atoms with van der Waals surface area (Å²) in [7, 11) is 0. The maximum absolute atomic E-state index is 6.27. The summed E-state index contributed by atoms with van der Waals surface area (Å²) in [4.78, 5) is 0. The summed E-state index contributed by atoms with van der Waals surface area (Å²) in [6.45, 7) is 4.31. The van der Waals surface area contributed by atoms with E-state index < -0.39 is 0 Å². The first-order chi connectivity index (χ1) is 10.5. The van der Waals surface area contributed by atoms with Crippen LogP contribution in [0.1, 0.15) is 37.7 Å². The van der Waals surface area contributed by atoms with Crippen LogP contribution in [0.2, 0.25) is 0 Å². The van der Waals surface area contributed by atoms with E-state index in [1.807, 2.05) is 22.2 Å². The van der Waals surface area contributed by atoms with Crippen LogP contribution in [-0.2, 0) is 0 Å². The van der Waals surface area contributed by atoms with Crippen LogP contribution in [0.25, 0.3) is 5.70 Å². The lowest BCUT2D eigenvalue weighted by atomic mass is 10.0. The van der Waals surface area contributed by atoms with Gasteiger partial charge in [-0.05, 0) is 24.5 Å². The van der Waals surface area contributed by atoms with Crippen molar-refractivity contribution >= 4 is 33.4 Å². The molecule has 5 nitrogen and oxygen atoms in total. The van der Waals surface area contributed by atoms with Gasteiger partial charge in [0, 0.05) is 15.4 Å². The normalized spacial score (nSPS) is 15.2. The summed E-state index contributed by atoms with van der Waals surface area (Å²) in [5, 5.41) is 11.3. The molecule has 0 radical (unpaired) electrons. The Balaban J connectivity index is 1.85. The van der Waals surface area contributed by atoms with Gasteiger partial charge in [0.2, 0.25) is 5.16 Å². The third kappa shape index (κ3) is 3.21. The number of nitrogens with one attached hydrogen (secondary N) is 1. The van der Waals surface area contributed by atoms with Crippen molar-refractivity contribution in [1.82, 2.24) is 14.9 Å². The number of benzene rings is 1. The summed E-state index contributed by atoms with van der Waals surface area (Å²) >= 11 is 5.01. The molecule has 7 heteroatoms. The van der Waals surface area contributed by atoms with Gasteiger partial charge in [0.15, 0.2) is 5.82 Å². The fourth-order valence-electron chi connectivity index (χ4n) is 2.34. The molecule has 0 aliphatic carbocycles. The predicted molar refractivity (Wildman–Crippen MR) is 93.7 cm³/mol. The standard InChI is InChI=1S/C15H18BrN5S/c1-9(2)7-12(17)14-18-19-15-21(14)20-13(8-22-15)10-3-5-11(16)6-4-10/h3-6,8-9,12,20H,7,17H2,1-2H3/t12-/m0/s1. The molecule has 0 unspecified atom stereocenters. The van der Waals surface area contributed by atoms with Crippen LogP contribution in [0, 0.1) is 5.92 Å². The van der Waals surface area contributed by atoms with Crippen molar-refractivity contribution in [2.45, 2.75) is 31.5 Å². The second kappa shape index (κ2) is 6.44. The molecule has 1 aliphatic heterocycles. The number of hydrogen-bond acceptors (Lipinski definition) is 5. The van der Waals surface area contributed by atoms with Gasteiger partial charge >= 0.3 is 0 Å². The highest BCUT2D eigenvalue weighted by Gasteiger charge is 2.22. The van der Waals surface area contributed by atoms with Gasteiger partial charge in [-0.1, -0.05) is 53.7 Å². The minimum Gasteiger partial charge on any atom is -0.321 e. The third-order valence-electron chi connectivity index (χ3n) is 3.39. The monoisotopic (exact) mass is 379 g/mol. The third-order valence-corrected chi connectivity index (χ3v) is 4.74. The lowest BCUT2D eigenvalue weighted by molar-refractivity contribution is 0.483. The number of halogens is 1. The van der Waals surface area contributed by atoms with E-state index in [9.17, 15) is 0 Å². The first-order valence-electron chi connectivity index (χ1n) is 7.15. The Morgan fingerprint density at radius 1 is 1.27 bits per heavy atom. The Morgan fingerprint density at radius 2 is 2.00 bits per heavy atom. The smallest absolute Gasteiger partial charge is 0.214 e. The summed E-state index contributed by atoms with van der Waals surface area (Å²) in [6.07, 6.45) is 0.877. The van der Waals surface area contributed by atoms with Crippen molar-refractivity contribution in [2.75, 3.05) is 5.43 Å². The summed E-state index contributed by atoms with van der Waals surface area (Å²) in [5.74, 6) is 1.29. The fraction of sp³-hybridized carbons (Fsp3) is 0.333. The van der Waals surface area contributed by atoms with E-state index in [-0.39, 0.29) is 6.04 Å². The molecule has 0 amide bonds. The Hall–Kier alpha value is -1.31. The van der Waals surface area contributed by atoms with Crippen molar-refractivity contribution < 1.29 is 0 Å². The molecule has 1 aromatic carbocycles. The second-order valence-corrected chi connectivity index (χ2v) is 7.43. The van der Waals surface area contributed by atoms with Gasteiger partial charge in [0.05, 0.1) is 11.7 Å². The van der Waals surface area contributed by atoms with Gasteiger partial charge in [0.1, 0.15) is 0 Å². The van der Waals surface area contributed by atoms with E-state index in [1.165, 1.54) is 0 Å². The Kier molecular flexibility index (Phi) is 4.56. The van der Waals surface area contributed by atoms with Gasteiger partial charge in [-0.25, -0.2) is 4.68 Å². The van der Waals surface area contributed by atoms with Crippen molar-refractivity contribution in [3.63, 3.8) is 0 Å². The number of nitrogens with two attached hydrogens (primary N) is 1. The van der Waals surface area contributed by atoms with Crippen molar-refractivity contribution in [2.24, 2.45) is 11.7 Å². The fourth-order valence-corrected chi connectivity index (χ4v) is 3.35. The molecule has 22 heavy (non-hydrogen) atoms. The topological polar surface area (TPSA) is 68.8 Å². The zero-order valence-corrected chi connectivity index (χ0v) is 14.9. The lowest BCUT2D eigenvalue weighted by Gasteiger charge is -2.21. The molecule has 2 aromatic rings. The summed E-state index contributed by atoms with van der Waals surface area (Å²) in [6, 6.07) is 8.04. The van der Waals surface area contributed by atoms with Gasteiger partial charge in [0.25, 0.3) is 0 Å². The van der Waals surface area contributed by atoms with Gasteiger partial charge in [-0.2, -0.15) is 0 Å². The predicted octanol–water partition coefficient (Wildman–Crippen LogP) is 3.73. The molecular weight excluding hydrogens is 362 g/mol. The zero-order valence-electron chi connectivity index (χ0n) is 12.5. The molecule has 2 heterocycles. The highest BCUT2D eigenvalue weighted by Crippen LogP contribution is 2.30. The Labute approximate surface area is 142 Å². The highest BCUT2D eigenvalue weighted by atomic mass is 79.9. The first-order valence-corrected chi connectivity index (χ1v) is 8.82. The van der Waals surface area contributed by atoms with Gasteiger partial charge in [-0.3, -0.25) is 5.43 Å². The second-order valence-electron chi connectivity index (χ2n) is 5.68. The SMILES string of the molecule is CC(C)C[C@H](N)c1nnc2n1NC(c1ccc(Br)cc1)=CS2. The highest BCUT2D eigenvalue weighted by molar-refractivity contribution is 9.10. The molecule has 0 saturated heterocycles. The van der Waals surface area contributed by atoms with Crippen molar-refractivity contribution in [1.29, 1.82) is 0 Å². The molecule has 0 saturated carbocycles. The molecule has 3 N–H and O–H groups in total. The van der Waals surface area contributed by atoms with Gasteiger partial charge in [-0.15, -0.1) is 10.2 Å². The molecule has 1 aromatic heterocycles. The van der Waals surface area contributed by atoms with Crippen LogP contribution in [0.5, 0.6) is 0 Å². The molecule has 1 aliphatic rings. The van der Waals surface area contributed by atoms with Crippen LogP contribution in [0.3, 0.4) is 0 Å². The number of rotatable bonds is 4. The average Bonchev–Trinajstić information content (AvgIpc) is 2.90. The Morgan fingerprint density at radius 3 is 2.68 bits per heavy atom. The van der Waals surface area contributed by atoms with E-state index in [1.54, 1.807) is 11.8 Å². The van der Waals surface area contributed by atoms with Crippen LogP contribution < -0.4 is 11.2 Å². The molecule has 116 valence electrons. The summed E-state index contributed by atoms with van der Waals surface area (Å²) < 4.78 is 2.96. The number of aromatic nitrogens is 3. The number of thioether (sulfide) groups is 1. The molecule has 0 fully saturated rings. The van der Waals surface area contributed by atoms with E-state index in [2.05, 4.69) is 57.5 Å². The number of hydrogen-bond donors (Lipinski definition) is 2. The maximum atomic E-state index is 6.27. The van der Waals surface area contributed by atoms with Gasteiger partial charge < -0.3 is 5.73 Å². The van der Waals surface area contributed by atoms with Crippen molar-refractivity contribution in [3.05, 3.63) is 45.5 Å². The summed E-state index contributed by atoms with van der Waals surface area (Å²) in [5.41, 5.74) is 11.8. The van der Waals surface area contributed by atoms with E-state index >= 15 is 0 Å². The number of fused-ring (bicyclic) bond motifs is 1. The largest absolute Gasteiger partial charge is 0.321 e.